The van der Waals surface area contributed by atoms with E-state index in [9.17, 15) is 0 Å². The van der Waals surface area contributed by atoms with Crippen molar-refractivity contribution in [3.05, 3.63) is 30.1 Å². The molecule has 0 aliphatic heterocycles. The van der Waals surface area contributed by atoms with Crippen LogP contribution in [0.4, 0.5) is 0 Å². The van der Waals surface area contributed by atoms with E-state index in [4.69, 9.17) is 4.84 Å². The zero-order valence-electron chi connectivity index (χ0n) is 8.03. The fourth-order valence-electron chi connectivity index (χ4n) is 0.857. The molecule has 70 valence electrons. The van der Waals surface area contributed by atoms with Gasteiger partial charge in [-0.15, -0.1) is 0 Å². The average molecular weight is 178 g/mol. The van der Waals surface area contributed by atoms with Gasteiger partial charge in [-0.3, -0.25) is 4.98 Å². The lowest BCUT2D eigenvalue weighted by molar-refractivity contribution is 0.145. The highest BCUT2D eigenvalue weighted by molar-refractivity contribution is 5.96. The van der Waals surface area contributed by atoms with E-state index in [0.29, 0.717) is 6.61 Å². The van der Waals surface area contributed by atoms with E-state index in [-0.39, 0.29) is 0 Å². The molecule has 0 aliphatic carbocycles. The van der Waals surface area contributed by atoms with Crippen LogP contribution in [-0.4, -0.2) is 17.3 Å². The van der Waals surface area contributed by atoms with E-state index in [2.05, 4.69) is 10.1 Å². The highest BCUT2D eigenvalue weighted by Crippen LogP contribution is 1.96. The first-order chi connectivity index (χ1) is 6.34. The molecule has 0 unspecified atom stereocenters. The zero-order chi connectivity index (χ0) is 9.52. The van der Waals surface area contributed by atoms with E-state index < -0.39 is 0 Å². The summed E-state index contributed by atoms with van der Waals surface area (Å²) < 4.78 is 0. The first kappa shape index (κ1) is 9.71. The lowest BCUT2D eigenvalue weighted by atomic mass is 10.3. The summed E-state index contributed by atoms with van der Waals surface area (Å²) in [5.41, 5.74) is 1.67. The van der Waals surface area contributed by atoms with Crippen LogP contribution in [0, 0.1) is 0 Å². The molecule has 3 nitrogen and oxygen atoms in total. The molecule has 0 fully saturated rings. The third kappa shape index (κ3) is 3.23. The Hall–Kier alpha value is -1.38. The molecular weight excluding hydrogens is 164 g/mol. The van der Waals surface area contributed by atoms with Gasteiger partial charge in [0.2, 0.25) is 0 Å². The van der Waals surface area contributed by atoms with Crippen LogP contribution >= 0.6 is 0 Å². The van der Waals surface area contributed by atoms with Crippen molar-refractivity contribution < 1.29 is 4.84 Å². The minimum absolute atomic E-state index is 0.657. The first-order valence-corrected chi connectivity index (χ1v) is 4.42. The topological polar surface area (TPSA) is 34.5 Å². The van der Waals surface area contributed by atoms with Crippen LogP contribution in [0.2, 0.25) is 0 Å². The number of hydrogen-bond acceptors (Lipinski definition) is 3. The molecular formula is C10H14N2O. The van der Waals surface area contributed by atoms with Crippen LogP contribution in [0.1, 0.15) is 26.0 Å². The molecule has 0 N–H and O–H groups in total. The van der Waals surface area contributed by atoms with E-state index >= 15 is 0 Å². The second-order valence-corrected chi connectivity index (χ2v) is 2.72. The summed E-state index contributed by atoms with van der Waals surface area (Å²) in [5.74, 6) is 0. The van der Waals surface area contributed by atoms with E-state index in [0.717, 1.165) is 17.8 Å². The maximum atomic E-state index is 5.05. The molecule has 0 spiro atoms. The van der Waals surface area contributed by atoms with E-state index in [1.807, 2.05) is 32.0 Å². The molecule has 3 heteroatoms. The smallest absolute Gasteiger partial charge is 0.116 e. The maximum absolute atomic E-state index is 5.05. The molecule has 0 amide bonds. The van der Waals surface area contributed by atoms with Crippen molar-refractivity contribution in [3.63, 3.8) is 0 Å². The van der Waals surface area contributed by atoms with Crippen LogP contribution in [0.5, 0.6) is 0 Å². The Morgan fingerprint density at radius 2 is 2.38 bits per heavy atom. The molecule has 0 atom stereocenters. The number of oxime groups is 1. The van der Waals surface area contributed by atoms with Crippen LogP contribution < -0.4 is 0 Å². The van der Waals surface area contributed by atoms with Gasteiger partial charge >= 0.3 is 0 Å². The molecule has 1 aromatic heterocycles. The monoisotopic (exact) mass is 178 g/mol. The molecule has 0 saturated carbocycles. The summed E-state index contributed by atoms with van der Waals surface area (Å²) in [4.78, 5) is 9.19. The first-order valence-electron chi connectivity index (χ1n) is 4.42. The average Bonchev–Trinajstić information content (AvgIpc) is 2.19. The van der Waals surface area contributed by atoms with Crippen LogP contribution in [0.25, 0.3) is 0 Å². The molecule has 13 heavy (non-hydrogen) atoms. The van der Waals surface area contributed by atoms with Crippen LogP contribution in [0.3, 0.4) is 0 Å². The zero-order valence-corrected chi connectivity index (χ0v) is 8.03. The maximum Gasteiger partial charge on any atom is 0.116 e. The van der Waals surface area contributed by atoms with Crippen molar-refractivity contribution in [3.8, 4) is 0 Å². The molecule has 0 aromatic carbocycles. The normalized spacial score (nSPS) is 11.4. The third-order valence-electron chi connectivity index (χ3n) is 1.53. The minimum atomic E-state index is 0.657. The van der Waals surface area contributed by atoms with Gasteiger partial charge in [-0.2, -0.15) is 0 Å². The molecule has 1 rings (SSSR count). The summed E-state index contributed by atoms with van der Waals surface area (Å²) in [5, 5.41) is 3.94. The van der Waals surface area contributed by atoms with Crippen LogP contribution in [0.15, 0.2) is 29.6 Å². The Kier molecular flexibility index (Phi) is 3.96. The van der Waals surface area contributed by atoms with Gasteiger partial charge in [-0.05, 0) is 25.5 Å². The van der Waals surface area contributed by atoms with E-state index in [1.54, 1.807) is 6.20 Å². The molecule has 0 aliphatic rings. The second-order valence-electron chi connectivity index (χ2n) is 2.72. The summed E-state index contributed by atoms with van der Waals surface area (Å²) >= 11 is 0. The SMILES string of the molecule is CCCO/N=C(\C)c1ccccn1. The molecule has 0 bridgehead atoms. The lowest BCUT2D eigenvalue weighted by Crippen LogP contribution is -1.99. The van der Waals surface area contributed by atoms with Crippen molar-refractivity contribution in [2.75, 3.05) is 6.61 Å². The van der Waals surface area contributed by atoms with Gasteiger partial charge in [0.15, 0.2) is 0 Å². The van der Waals surface area contributed by atoms with Crippen molar-refractivity contribution in [2.24, 2.45) is 5.16 Å². The largest absolute Gasteiger partial charge is 0.396 e. The fourth-order valence-corrected chi connectivity index (χ4v) is 0.857. The van der Waals surface area contributed by atoms with Crippen LogP contribution in [-0.2, 0) is 4.84 Å². The van der Waals surface area contributed by atoms with Crippen molar-refractivity contribution in [1.29, 1.82) is 0 Å². The van der Waals surface area contributed by atoms with Gasteiger partial charge in [-0.1, -0.05) is 18.1 Å². The van der Waals surface area contributed by atoms with Gasteiger partial charge in [0.05, 0.1) is 5.69 Å². The second kappa shape index (κ2) is 5.30. The fraction of sp³-hybridized carbons (Fsp3) is 0.400. The Labute approximate surface area is 78.4 Å². The van der Waals surface area contributed by atoms with Gasteiger partial charge in [0.25, 0.3) is 0 Å². The highest BCUT2D eigenvalue weighted by Gasteiger charge is 1.96. The standard InChI is InChI=1S/C10H14N2O/c1-3-8-13-12-9(2)10-6-4-5-7-11-10/h4-7H,3,8H2,1-2H3/b12-9+. The van der Waals surface area contributed by atoms with Crippen molar-refractivity contribution in [2.45, 2.75) is 20.3 Å². The van der Waals surface area contributed by atoms with Gasteiger partial charge in [-0.25, -0.2) is 0 Å². The van der Waals surface area contributed by atoms with Crippen molar-refractivity contribution in [1.82, 2.24) is 4.98 Å². The highest BCUT2D eigenvalue weighted by atomic mass is 16.6. The lowest BCUT2D eigenvalue weighted by Gasteiger charge is -1.99. The third-order valence-corrected chi connectivity index (χ3v) is 1.53. The number of hydrogen-bond donors (Lipinski definition) is 0. The number of pyridine rings is 1. The summed E-state index contributed by atoms with van der Waals surface area (Å²) in [6.07, 6.45) is 2.72. The number of nitrogens with zero attached hydrogens (tertiary/aromatic N) is 2. The van der Waals surface area contributed by atoms with Gasteiger partial charge < -0.3 is 4.84 Å². The van der Waals surface area contributed by atoms with Gasteiger partial charge in [0, 0.05) is 6.20 Å². The summed E-state index contributed by atoms with van der Waals surface area (Å²) in [6.45, 7) is 4.59. The molecule has 0 saturated heterocycles. The van der Waals surface area contributed by atoms with E-state index in [1.165, 1.54) is 0 Å². The Morgan fingerprint density at radius 1 is 1.54 bits per heavy atom. The minimum Gasteiger partial charge on any atom is -0.396 e. The number of rotatable bonds is 4. The molecule has 1 aromatic rings. The summed E-state index contributed by atoms with van der Waals surface area (Å²) in [7, 11) is 0. The Morgan fingerprint density at radius 3 is 3.00 bits per heavy atom. The Bertz CT molecular complexity index is 270. The molecule has 0 radical (unpaired) electrons. The predicted octanol–water partition coefficient (Wildman–Crippen LogP) is 2.23. The number of aromatic nitrogens is 1. The van der Waals surface area contributed by atoms with Crippen molar-refractivity contribution >= 4 is 5.71 Å². The Balaban J connectivity index is 2.57. The molecule has 1 heterocycles. The summed E-state index contributed by atoms with van der Waals surface area (Å²) in [6, 6.07) is 5.72. The van der Waals surface area contributed by atoms with Gasteiger partial charge in [0.1, 0.15) is 12.3 Å². The quantitative estimate of drug-likeness (QED) is 0.402. The predicted molar refractivity (Wildman–Crippen MR) is 52.7 cm³/mol.